The summed E-state index contributed by atoms with van der Waals surface area (Å²) in [4.78, 5) is 6.88. The minimum Gasteiger partial charge on any atom is -0.464 e. The molecule has 0 fully saturated rings. The van der Waals surface area contributed by atoms with Gasteiger partial charge in [-0.15, -0.1) is 0 Å². The van der Waals surface area contributed by atoms with Crippen molar-refractivity contribution in [2.75, 3.05) is 0 Å². The third-order valence-corrected chi connectivity index (χ3v) is 5.56. The molecule has 36 heavy (non-hydrogen) atoms. The summed E-state index contributed by atoms with van der Waals surface area (Å²) in [5, 5.41) is 9.76. The van der Waals surface area contributed by atoms with Gasteiger partial charge in [-0.3, -0.25) is 0 Å². The SMILES string of the molecule is Cc1oc(C(C)(C)C)c(C#N)c1-c1nc2cc(-c3ccccc3C(F)(F)F)cc(C(F)(F)F)c2[nH]1.[Na]. The van der Waals surface area contributed by atoms with Crippen molar-refractivity contribution >= 4 is 40.6 Å². The van der Waals surface area contributed by atoms with Crippen molar-refractivity contribution in [3.05, 3.63) is 64.6 Å². The summed E-state index contributed by atoms with van der Waals surface area (Å²) < 4.78 is 88.4. The van der Waals surface area contributed by atoms with E-state index in [0.29, 0.717) is 11.8 Å². The number of H-pyrrole nitrogens is 1. The predicted octanol–water partition coefficient (Wildman–Crippen LogP) is 7.62. The van der Waals surface area contributed by atoms with Crippen LogP contribution in [0.5, 0.6) is 0 Å². The Hall–Kier alpha value is -2.74. The molecule has 0 atom stereocenters. The van der Waals surface area contributed by atoms with Gasteiger partial charge in [-0.1, -0.05) is 39.0 Å². The van der Waals surface area contributed by atoms with Crippen LogP contribution in [0.4, 0.5) is 26.3 Å². The summed E-state index contributed by atoms with van der Waals surface area (Å²) in [5.74, 6) is 0.589. The maximum Gasteiger partial charge on any atom is 0.418 e. The minimum atomic E-state index is -4.88. The standard InChI is InChI=1S/C25H19F6N3O.Na/c1-12-19(15(11-32)21(35-12)23(2,3)4)22-33-18-10-13(9-17(20(18)34-22)25(29,30)31)14-7-5-6-8-16(14)24(26,27)28;/h5-10H,1-4H3,(H,33,34);. The molecule has 183 valence electrons. The molecule has 0 aliphatic heterocycles. The smallest absolute Gasteiger partial charge is 0.418 e. The van der Waals surface area contributed by atoms with E-state index in [4.69, 9.17) is 4.42 Å². The fourth-order valence-corrected chi connectivity index (χ4v) is 4.06. The molecule has 4 nitrogen and oxygen atoms in total. The van der Waals surface area contributed by atoms with E-state index in [2.05, 4.69) is 9.97 Å². The largest absolute Gasteiger partial charge is 0.464 e. The molecule has 0 spiro atoms. The molecule has 11 heteroatoms. The van der Waals surface area contributed by atoms with Gasteiger partial charge in [0.1, 0.15) is 29.0 Å². The van der Waals surface area contributed by atoms with Gasteiger partial charge in [0.05, 0.1) is 27.7 Å². The molecule has 0 saturated heterocycles. The predicted molar refractivity (Wildman–Crippen MR) is 123 cm³/mol. The van der Waals surface area contributed by atoms with Crippen molar-refractivity contribution in [3.63, 3.8) is 0 Å². The molecule has 2 aromatic heterocycles. The molecule has 1 radical (unpaired) electrons. The van der Waals surface area contributed by atoms with Crippen LogP contribution in [0.2, 0.25) is 0 Å². The van der Waals surface area contributed by atoms with Gasteiger partial charge in [0.2, 0.25) is 0 Å². The Morgan fingerprint density at radius 3 is 2.11 bits per heavy atom. The number of aromatic amines is 1. The van der Waals surface area contributed by atoms with Crippen molar-refractivity contribution in [2.45, 2.75) is 45.5 Å². The Morgan fingerprint density at radius 2 is 1.56 bits per heavy atom. The van der Waals surface area contributed by atoms with Crippen molar-refractivity contribution in [3.8, 4) is 28.6 Å². The van der Waals surface area contributed by atoms with Crippen LogP contribution in [-0.4, -0.2) is 39.5 Å². The van der Waals surface area contributed by atoms with Gasteiger partial charge in [0.15, 0.2) is 0 Å². The second-order valence-corrected chi connectivity index (χ2v) is 9.14. The van der Waals surface area contributed by atoms with Crippen molar-refractivity contribution in [1.29, 1.82) is 5.26 Å². The van der Waals surface area contributed by atoms with Crippen LogP contribution in [0.15, 0.2) is 40.8 Å². The van der Waals surface area contributed by atoms with Gasteiger partial charge in [0.25, 0.3) is 0 Å². The van der Waals surface area contributed by atoms with E-state index in [1.807, 2.05) is 26.8 Å². The molecule has 0 bridgehead atoms. The van der Waals surface area contributed by atoms with E-state index >= 15 is 0 Å². The summed E-state index contributed by atoms with van der Waals surface area (Å²) in [5.41, 5.74) is -3.73. The number of imidazole rings is 1. The van der Waals surface area contributed by atoms with E-state index < -0.39 is 40.0 Å². The number of alkyl halides is 6. The van der Waals surface area contributed by atoms with Gasteiger partial charge < -0.3 is 9.40 Å². The maximum absolute atomic E-state index is 14.0. The molecule has 0 saturated carbocycles. The first-order valence-corrected chi connectivity index (χ1v) is 10.4. The zero-order valence-corrected chi connectivity index (χ0v) is 22.0. The quantitative estimate of drug-likeness (QED) is 0.221. The average Bonchev–Trinajstić information content (AvgIpc) is 3.31. The molecule has 4 rings (SSSR count). The third-order valence-electron chi connectivity index (χ3n) is 5.56. The average molecular weight is 514 g/mol. The number of aromatic nitrogens is 2. The second-order valence-electron chi connectivity index (χ2n) is 9.14. The number of benzene rings is 2. The Balaban J connectivity index is 0.00000361. The fourth-order valence-electron chi connectivity index (χ4n) is 4.06. The van der Waals surface area contributed by atoms with Gasteiger partial charge >= 0.3 is 12.4 Å². The molecule has 2 heterocycles. The number of aryl methyl sites for hydroxylation is 1. The number of halogens is 6. The zero-order chi connectivity index (χ0) is 25.9. The van der Waals surface area contributed by atoms with Crippen molar-refractivity contribution in [2.24, 2.45) is 0 Å². The normalized spacial score (nSPS) is 12.5. The van der Waals surface area contributed by atoms with Crippen molar-refractivity contribution in [1.82, 2.24) is 9.97 Å². The van der Waals surface area contributed by atoms with Crippen molar-refractivity contribution < 1.29 is 30.8 Å². The molecule has 0 aliphatic carbocycles. The van der Waals surface area contributed by atoms with Crippen LogP contribution in [-0.2, 0) is 17.8 Å². The number of hydrogen-bond acceptors (Lipinski definition) is 3. The summed E-state index contributed by atoms with van der Waals surface area (Å²) in [7, 11) is 0. The Morgan fingerprint density at radius 1 is 0.944 bits per heavy atom. The molecule has 2 aromatic carbocycles. The van der Waals surface area contributed by atoms with E-state index in [9.17, 15) is 31.6 Å². The summed E-state index contributed by atoms with van der Waals surface area (Å²) in [6.45, 7) is 7.02. The van der Waals surface area contributed by atoms with Crippen LogP contribution >= 0.6 is 0 Å². The molecule has 4 aromatic rings. The van der Waals surface area contributed by atoms with Crippen LogP contribution in [0.3, 0.4) is 0 Å². The molecule has 0 aliphatic rings. The zero-order valence-electron chi connectivity index (χ0n) is 20.0. The van der Waals surface area contributed by atoms with Gasteiger partial charge in [-0.25, -0.2) is 4.98 Å². The monoisotopic (exact) mass is 514 g/mol. The first-order valence-electron chi connectivity index (χ1n) is 10.4. The molecule has 0 amide bonds. The number of nitriles is 1. The number of nitrogens with zero attached hydrogens (tertiary/aromatic N) is 2. The first-order chi connectivity index (χ1) is 16.1. The van der Waals surface area contributed by atoms with E-state index in [0.717, 1.165) is 12.1 Å². The number of hydrogen-bond donors (Lipinski definition) is 1. The summed E-state index contributed by atoms with van der Waals surface area (Å²) in [6.07, 6.45) is -9.65. The Labute approximate surface area is 224 Å². The Bertz CT molecular complexity index is 1480. The number of nitrogens with one attached hydrogen (secondary N) is 1. The Kier molecular flexibility index (Phi) is 7.18. The fraction of sp³-hybridized carbons (Fsp3) is 0.280. The molecular weight excluding hydrogens is 495 g/mol. The van der Waals surface area contributed by atoms with Gasteiger partial charge in [0, 0.05) is 35.0 Å². The summed E-state index contributed by atoms with van der Waals surface area (Å²) in [6, 6.07) is 8.29. The number of furan rings is 1. The number of fused-ring (bicyclic) bond motifs is 1. The van der Waals surface area contributed by atoms with E-state index in [1.54, 1.807) is 6.92 Å². The van der Waals surface area contributed by atoms with Crippen LogP contribution in [0, 0.1) is 18.3 Å². The van der Waals surface area contributed by atoms with Crippen LogP contribution < -0.4 is 0 Å². The summed E-state index contributed by atoms with van der Waals surface area (Å²) >= 11 is 0. The minimum absolute atomic E-state index is 0. The third kappa shape index (κ3) is 4.92. The molecule has 1 N–H and O–H groups in total. The first kappa shape index (κ1) is 27.8. The molecular formula is C25H19F6N3NaO. The second kappa shape index (κ2) is 9.29. The van der Waals surface area contributed by atoms with Crippen LogP contribution in [0.25, 0.3) is 33.5 Å². The van der Waals surface area contributed by atoms with E-state index in [1.165, 1.54) is 18.2 Å². The van der Waals surface area contributed by atoms with Crippen LogP contribution in [0.1, 0.15) is 49.0 Å². The van der Waals surface area contributed by atoms with Gasteiger partial charge in [-0.05, 0) is 36.2 Å². The maximum atomic E-state index is 14.0. The molecule has 0 unspecified atom stereocenters. The van der Waals surface area contributed by atoms with E-state index in [-0.39, 0.29) is 63.3 Å². The topological polar surface area (TPSA) is 65.6 Å². The number of rotatable bonds is 2. The van der Waals surface area contributed by atoms with Gasteiger partial charge in [-0.2, -0.15) is 31.6 Å².